The van der Waals surface area contributed by atoms with Crippen LogP contribution in [0.1, 0.15) is 72.9 Å². The molecule has 3 aromatic rings. The molecule has 2 aromatic heterocycles. The first-order valence-electron chi connectivity index (χ1n) is 11.8. The van der Waals surface area contributed by atoms with E-state index in [9.17, 15) is 22.0 Å². The van der Waals surface area contributed by atoms with Gasteiger partial charge in [-0.1, -0.05) is 19.9 Å². The molecule has 10 heteroatoms. The Bertz CT molecular complexity index is 1470. The molecule has 2 bridgehead atoms. The van der Waals surface area contributed by atoms with Crippen molar-refractivity contribution in [3.8, 4) is 11.3 Å². The van der Waals surface area contributed by atoms with Gasteiger partial charge in [-0.25, -0.2) is 22.2 Å². The molecule has 2 aliphatic rings. The normalized spacial score (nSPS) is 22.0. The van der Waals surface area contributed by atoms with Gasteiger partial charge in [-0.3, -0.25) is 9.78 Å². The summed E-state index contributed by atoms with van der Waals surface area (Å²) in [6, 6.07) is 5.42. The zero-order valence-corrected chi connectivity index (χ0v) is 21.1. The van der Waals surface area contributed by atoms with Gasteiger partial charge in [-0.15, -0.1) is 5.10 Å². The molecule has 0 radical (unpaired) electrons. The lowest BCUT2D eigenvalue weighted by Crippen LogP contribution is -2.38. The van der Waals surface area contributed by atoms with Crippen LogP contribution in [-0.2, 0) is 15.3 Å². The molecule has 36 heavy (non-hydrogen) atoms. The van der Waals surface area contributed by atoms with Crippen molar-refractivity contribution in [1.29, 1.82) is 0 Å². The second kappa shape index (κ2) is 8.47. The van der Waals surface area contributed by atoms with E-state index in [-0.39, 0.29) is 52.7 Å². The number of benzene rings is 1. The van der Waals surface area contributed by atoms with Gasteiger partial charge >= 0.3 is 0 Å². The minimum atomic E-state index is -3.16. The maximum atomic E-state index is 14.5. The Balaban J connectivity index is 1.55. The number of Topliss-reactive ketones (excluding diaryl/α,β-unsaturated/α-hetero) is 1. The SMILES string of the molecule is CC1(C)[C@H]2CC[C@]1(c1cncc(C(=O)CCCS(C)(=O)=O)n1)c1nnc(-c3c(F)cccc3F)cc12. The van der Waals surface area contributed by atoms with Crippen molar-refractivity contribution >= 4 is 15.6 Å². The van der Waals surface area contributed by atoms with Crippen LogP contribution in [0.25, 0.3) is 11.3 Å². The molecule has 0 amide bonds. The van der Waals surface area contributed by atoms with Crippen LogP contribution in [0.3, 0.4) is 0 Å². The zero-order chi connectivity index (χ0) is 25.9. The smallest absolute Gasteiger partial charge is 0.182 e. The van der Waals surface area contributed by atoms with E-state index in [0.29, 0.717) is 11.4 Å². The molecule has 0 aliphatic heterocycles. The Morgan fingerprint density at radius 2 is 1.86 bits per heavy atom. The van der Waals surface area contributed by atoms with Crippen LogP contribution >= 0.6 is 0 Å². The van der Waals surface area contributed by atoms with E-state index in [4.69, 9.17) is 4.98 Å². The van der Waals surface area contributed by atoms with Crippen LogP contribution in [0.15, 0.2) is 36.7 Å². The van der Waals surface area contributed by atoms with Gasteiger partial charge in [-0.05, 0) is 54.4 Å². The number of carbonyl (C=O) groups excluding carboxylic acids is 1. The second-order valence-corrected chi connectivity index (χ2v) is 12.6. The number of rotatable bonds is 7. The predicted octanol–water partition coefficient (Wildman–Crippen LogP) is 4.42. The number of nitrogens with zero attached hydrogens (tertiary/aromatic N) is 4. The summed E-state index contributed by atoms with van der Waals surface area (Å²) < 4.78 is 51.7. The Hall–Kier alpha value is -3.14. The van der Waals surface area contributed by atoms with E-state index in [1.807, 2.05) is 0 Å². The average molecular weight is 513 g/mol. The van der Waals surface area contributed by atoms with Crippen molar-refractivity contribution in [2.24, 2.45) is 5.41 Å². The molecule has 2 atom stereocenters. The minimum absolute atomic E-state index is 0.0537. The summed E-state index contributed by atoms with van der Waals surface area (Å²) in [5.41, 5.74) is 1.27. The van der Waals surface area contributed by atoms with Gasteiger partial charge in [0.1, 0.15) is 27.2 Å². The number of halogens is 2. The Labute approximate surface area is 208 Å². The third-order valence-corrected chi connectivity index (χ3v) is 8.91. The van der Waals surface area contributed by atoms with Gasteiger partial charge < -0.3 is 0 Å². The van der Waals surface area contributed by atoms with E-state index >= 15 is 0 Å². The summed E-state index contributed by atoms with van der Waals surface area (Å²) in [6.45, 7) is 4.22. The Morgan fingerprint density at radius 3 is 2.56 bits per heavy atom. The first-order chi connectivity index (χ1) is 17.0. The maximum Gasteiger partial charge on any atom is 0.182 e. The van der Waals surface area contributed by atoms with Crippen LogP contribution in [0.2, 0.25) is 0 Å². The number of hydrogen-bond donors (Lipinski definition) is 0. The zero-order valence-electron chi connectivity index (χ0n) is 20.3. The lowest BCUT2D eigenvalue weighted by molar-refractivity contribution is 0.0975. The quantitative estimate of drug-likeness (QED) is 0.432. The summed E-state index contributed by atoms with van der Waals surface area (Å²) in [5.74, 6) is -1.68. The molecule has 1 saturated carbocycles. The summed E-state index contributed by atoms with van der Waals surface area (Å²) in [4.78, 5) is 21.8. The minimum Gasteiger partial charge on any atom is -0.292 e. The fourth-order valence-corrected chi connectivity index (χ4v) is 6.75. The first kappa shape index (κ1) is 24.5. The standard InChI is InChI=1S/C26H26F2N4O3S/c1-25(2)16-9-10-26(25,22-14-29-13-20(30-22)21(33)8-5-11-36(3,34)35)24-15(16)12-19(31-32-24)23-17(27)6-4-7-18(23)28/h4,6-7,12-14,16H,5,8-11H2,1-3H3/t16-,26-/m0/s1. The molecule has 7 nitrogen and oxygen atoms in total. The highest BCUT2D eigenvalue weighted by molar-refractivity contribution is 7.90. The van der Waals surface area contributed by atoms with E-state index in [0.717, 1.165) is 24.7 Å². The fraction of sp³-hybridized carbons (Fsp3) is 0.423. The van der Waals surface area contributed by atoms with Gasteiger partial charge in [-0.2, -0.15) is 5.10 Å². The van der Waals surface area contributed by atoms with E-state index in [1.165, 1.54) is 24.4 Å². The molecule has 1 fully saturated rings. The highest BCUT2D eigenvalue weighted by Crippen LogP contribution is 2.69. The molecule has 2 aliphatic carbocycles. The summed E-state index contributed by atoms with van der Waals surface area (Å²) in [5, 5.41) is 8.71. The topological polar surface area (TPSA) is 103 Å². The van der Waals surface area contributed by atoms with Crippen molar-refractivity contribution in [3.05, 3.63) is 70.9 Å². The maximum absolute atomic E-state index is 14.5. The molecule has 0 N–H and O–H groups in total. The van der Waals surface area contributed by atoms with Gasteiger partial charge in [0, 0.05) is 18.9 Å². The van der Waals surface area contributed by atoms with E-state index in [2.05, 4.69) is 29.0 Å². The van der Waals surface area contributed by atoms with Crippen LogP contribution < -0.4 is 0 Å². The van der Waals surface area contributed by atoms with Crippen molar-refractivity contribution in [3.63, 3.8) is 0 Å². The molecule has 1 aromatic carbocycles. The van der Waals surface area contributed by atoms with Crippen LogP contribution in [0.4, 0.5) is 8.78 Å². The molecule has 0 saturated heterocycles. The number of fused-ring (bicyclic) bond motifs is 5. The third kappa shape index (κ3) is 3.73. The van der Waals surface area contributed by atoms with E-state index in [1.54, 1.807) is 12.3 Å². The van der Waals surface area contributed by atoms with Gasteiger partial charge in [0.25, 0.3) is 0 Å². The van der Waals surface area contributed by atoms with E-state index < -0.39 is 26.9 Å². The molecule has 188 valence electrons. The van der Waals surface area contributed by atoms with Crippen LogP contribution in [-0.4, -0.2) is 46.4 Å². The van der Waals surface area contributed by atoms with Gasteiger partial charge in [0.15, 0.2) is 5.78 Å². The van der Waals surface area contributed by atoms with Crippen molar-refractivity contribution < 1.29 is 22.0 Å². The first-order valence-corrected chi connectivity index (χ1v) is 13.9. The van der Waals surface area contributed by atoms with Gasteiger partial charge in [0.2, 0.25) is 0 Å². The number of carbonyl (C=O) groups is 1. The third-order valence-electron chi connectivity index (χ3n) is 7.88. The lowest BCUT2D eigenvalue weighted by Gasteiger charge is -2.37. The van der Waals surface area contributed by atoms with Crippen molar-refractivity contribution in [2.75, 3.05) is 12.0 Å². The predicted molar refractivity (Wildman–Crippen MR) is 129 cm³/mol. The van der Waals surface area contributed by atoms with Gasteiger partial charge in [0.05, 0.1) is 40.0 Å². The number of aromatic nitrogens is 4. The molecule has 0 spiro atoms. The summed E-state index contributed by atoms with van der Waals surface area (Å²) in [7, 11) is -3.16. The summed E-state index contributed by atoms with van der Waals surface area (Å²) >= 11 is 0. The molecular weight excluding hydrogens is 486 g/mol. The Kier molecular flexibility index (Phi) is 5.77. The van der Waals surface area contributed by atoms with Crippen molar-refractivity contribution in [2.45, 2.75) is 50.9 Å². The van der Waals surface area contributed by atoms with Crippen molar-refractivity contribution in [1.82, 2.24) is 20.2 Å². The highest BCUT2D eigenvalue weighted by atomic mass is 32.2. The average Bonchev–Trinajstić information content (AvgIpc) is 3.19. The fourth-order valence-electron chi connectivity index (χ4n) is 6.09. The van der Waals surface area contributed by atoms with Crippen LogP contribution in [0.5, 0.6) is 0 Å². The largest absolute Gasteiger partial charge is 0.292 e. The molecule has 0 unspecified atom stereocenters. The number of ketones is 1. The Morgan fingerprint density at radius 1 is 1.14 bits per heavy atom. The second-order valence-electron chi connectivity index (χ2n) is 10.3. The monoisotopic (exact) mass is 512 g/mol. The molecule has 2 heterocycles. The number of sulfone groups is 1. The molecular formula is C26H26F2N4O3S. The lowest BCUT2D eigenvalue weighted by atomic mass is 9.66. The summed E-state index contributed by atoms with van der Waals surface area (Å²) in [6.07, 6.45) is 5.98. The highest BCUT2D eigenvalue weighted by Gasteiger charge is 2.65. The number of hydrogen-bond acceptors (Lipinski definition) is 7. The molecule has 5 rings (SSSR count). The van der Waals surface area contributed by atoms with Crippen LogP contribution in [0, 0.1) is 17.0 Å².